The molecule has 1 aromatic rings. The predicted octanol–water partition coefficient (Wildman–Crippen LogP) is 2.39. The van der Waals surface area contributed by atoms with E-state index in [2.05, 4.69) is 5.43 Å². The van der Waals surface area contributed by atoms with Crippen molar-refractivity contribution in [3.8, 4) is 0 Å². The Bertz CT molecular complexity index is 353. The molecule has 0 aliphatic carbocycles. The number of alkyl halides is 2. The fraction of sp³-hybridized carbons (Fsp3) is 0.500. The summed E-state index contributed by atoms with van der Waals surface area (Å²) >= 11 is 6.03. The third kappa shape index (κ3) is 5.73. The SMILES string of the molecule is NNC(CCOCC(F)F)Cc1ccccc1Cl. The highest BCUT2D eigenvalue weighted by molar-refractivity contribution is 6.31. The number of rotatable bonds is 8. The molecule has 0 aliphatic rings. The van der Waals surface area contributed by atoms with Crippen LogP contribution in [0.4, 0.5) is 8.78 Å². The second-order valence-electron chi connectivity index (χ2n) is 3.91. The molecule has 1 unspecified atom stereocenters. The van der Waals surface area contributed by atoms with Gasteiger partial charge in [0.15, 0.2) is 0 Å². The molecular formula is C12H17ClF2N2O. The molecule has 18 heavy (non-hydrogen) atoms. The second kappa shape index (κ2) is 8.37. The van der Waals surface area contributed by atoms with Crippen LogP contribution in [0.3, 0.4) is 0 Å². The van der Waals surface area contributed by atoms with E-state index < -0.39 is 13.0 Å². The molecule has 1 atom stereocenters. The number of hydrogen-bond donors (Lipinski definition) is 2. The van der Waals surface area contributed by atoms with Gasteiger partial charge >= 0.3 is 0 Å². The van der Waals surface area contributed by atoms with Crippen LogP contribution in [0.15, 0.2) is 24.3 Å². The lowest BCUT2D eigenvalue weighted by Gasteiger charge is -2.16. The van der Waals surface area contributed by atoms with E-state index in [0.717, 1.165) is 5.56 Å². The molecule has 0 saturated carbocycles. The van der Waals surface area contributed by atoms with Crippen LogP contribution in [-0.2, 0) is 11.2 Å². The molecule has 0 bridgehead atoms. The van der Waals surface area contributed by atoms with E-state index in [9.17, 15) is 8.78 Å². The van der Waals surface area contributed by atoms with Gasteiger partial charge in [-0.1, -0.05) is 29.8 Å². The van der Waals surface area contributed by atoms with Crippen molar-refractivity contribution in [2.75, 3.05) is 13.2 Å². The quantitative estimate of drug-likeness (QED) is 0.436. The van der Waals surface area contributed by atoms with E-state index >= 15 is 0 Å². The maximum absolute atomic E-state index is 11.9. The minimum atomic E-state index is -2.43. The fourth-order valence-electron chi connectivity index (χ4n) is 1.57. The number of ether oxygens (including phenoxy) is 1. The minimum Gasteiger partial charge on any atom is -0.375 e. The fourth-order valence-corrected chi connectivity index (χ4v) is 1.78. The minimum absolute atomic E-state index is 0.0532. The van der Waals surface area contributed by atoms with Crippen molar-refractivity contribution in [3.05, 3.63) is 34.9 Å². The zero-order chi connectivity index (χ0) is 13.4. The molecule has 3 N–H and O–H groups in total. The van der Waals surface area contributed by atoms with Crippen LogP contribution in [0, 0.1) is 0 Å². The summed E-state index contributed by atoms with van der Waals surface area (Å²) in [6.45, 7) is -0.299. The van der Waals surface area contributed by atoms with Crippen molar-refractivity contribution < 1.29 is 13.5 Å². The first-order valence-electron chi connectivity index (χ1n) is 5.69. The van der Waals surface area contributed by atoms with E-state index in [-0.39, 0.29) is 12.6 Å². The third-order valence-electron chi connectivity index (χ3n) is 2.51. The Hall–Kier alpha value is -0.750. The lowest BCUT2D eigenvalue weighted by Crippen LogP contribution is -2.37. The standard InChI is InChI=1S/C12H17ClF2N2O/c13-11-4-2-1-3-9(11)7-10(17-16)5-6-18-8-12(14)15/h1-4,10,12,17H,5-8,16H2. The van der Waals surface area contributed by atoms with Crippen LogP contribution in [0.25, 0.3) is 0 Å². The van der Waals surface area contributed by atoms with Crippen LogP contribution in [-0.4, -0.2) is 25.7 Å². The maximum Gasteiger partial charge on any atom is 0.261 e. The van der Waals surface area contributed by atoms with Crippen LogP contribution >= 0.6 is 11.6 Å². The molecule has 0 aromatic heterocycles. The average Bonchev–Trinajstić information content (AvgIpc) is 2.35. The molecule has 1 rings (SSSR count). The van der Waals surface area contributed by atoms with Gasteiger partial charge in [0.25, 0.3) is 6.43 Å². The molecule has 1 aromatic carbocycles. The van der Waals surface area contributed by atoms with E-state index in [1.807, 2.05) is 18.2 Å². The molecule has 0 aliphatic heterocycles. The summed E-state index contributed by atoms with van der Waals surface area (Å²) in [5, 5.41) is 0.672. The Morgan fingerprint density at radius 1 is 1.33 bits per heavy atom. The number of halogens is 3. The molecule has 0 spiro atoms. The maximum atomic E-state index is 11.9. The van der Waals surface area contributed by atoms with Crippen molar-refractivity contribution in [2.24, 2.45) is 5.84 Å². The van der Waals surface area contributed by atoms with Crippen LogP contribution < -0.4 is 11.3 Å². The van der Waals surface area contributed by atoms with Gasteiger partial charge in [-0.25, -0.2) is 8.78 Å². The summed E-state index contributed by atoms with van der Waals surface area (Å²) in [5.74, 6) is 5.42. The summed E-state index contributed by atoms with van der Waals surface area (Å²) in [6, 6.07) is 7.40. The number of hydrogen-bond acceptors (Lipinski definition) is 3. The normalized spacial score (nSPS) is 12.9. The van der Waals surface area contributed by atoms with Gasteiger partial charge in [0.2, 0.25) is 0 Å². The highest BCUT2D eigenvalue weighted by Gasteiger charge is 2.10. The molecule has 0 radical (unpaired) electrons. The molecule has 0 fully saturated rings. The highest BCUT2D eigenvalue weighted by Crippen LogP contribution is 2.17. The van der Waals surface area contributed by atoms with Gasteiger partial charge in [0.05, 0.1) is 0 Å². The summed E-state index contributed by atoms with van der Waals surface area (Å²) in [4.78, 5) is 0. The Labute approximate surface area is 110 Å². The largest absolute Gasteiger partial charge is 0.375 e. The first-order chi connectivity index (χ1) is 8.63. The van der Waals surface area contributed by atoms with Gasteiger partial charge in [-0.05, 0) is 24.5 Å². The average molecular weight is 279 g/mol. The van der Waals surface area contributed by atoms with Gasteiger partial charge < -0.3 is 4.74 Å². The van der Waals surface area contributed by atoms with Gasteiger partial charge in [-0.15, -0.1) is 0 Å². The molecular weight excluding hydrogens is 262 g/mol. The number of nitrogens with two attached hydrogens (primary N) is 1. The van der Waals surface area contributed by atoms with E-state index in [4.69, 9.17) is 22.2 Å². The van der Waals surface area contributed by atoms with Gasteiger partial charge in [-0.2, -0.15) is 0 Å². The van der Waals surface area contributed by atoms with E-state index in [1.165, 1.54) is 0 Å². The molecule has 102 valence electrons. The monoisotopic (exact) mass is 278 g/mol. The zero-order valence-electron chi connectivity index (χ0n) is 9.91. The summed E-state index contributed by atoms with van der Waals surface area (Å²) in [7, 11) is 0. The predicted molar refractivity (Wildman–Crippen MR) is 67.7 cm³/mol. The number of nitrogens with one attached hydrogen (secondary N) is 1. The Morgan fingerprint density at radius 2 is 2.06 bits per heavy atom. The topological polar surface area (TPSA) is 47.3 Å². The first kappa shape index (κ1) is 15.3. The smallest absolute Gasteiger partial charge is 0.261 e. The summed E-state index contributed by atoms with van der Waals surface area (Å²) in [5.41, 5.74) is 3.61. The summed E-state index contributed by atoms with van der Waals surface area (Å²) in [6.07, 6.45) is -1.25. The Balaban J connectivity index is 2.36. The van der Waals surface area contributed by atoms with Crippen LogP contribution in [0.5, 0.6) is 0 Å². The molecule has 0 amide bonds. The van der Waals surface area contributed by atoms with Crippen LogP contribution in [0.1, 0.15) is 12.0 Å². The highest BCUT2D eigenvalue weighted by atomic mass is 35.5. The van der Waals surface area contributed by atoms with Gasteiger partial charge in [-0.3, -0.25) is 11.3 Å². The molecule has 0 heterocycles. The Morgan fingerprint density at radius 3 is 2.67 bits per heavy atom. The summed E-state index contributed by atoms with van der Waals surface area (Å²) < 4.78 is 28.5. The number of hydrazine groups is 1. The van der Waals surface area contributed by atoms with Crippen molar-refractivity contribution in [3.63, 3.8) is 0 Å². The third-order valence-corrected chi connectivity index (χ3v) is 2.88. The second-order valence-corrected chi connectivity index (χ2v) is 4.32. The van der Waals surface area contributed by atoms with Gasteiger partial charge in [0, 0.05) is 17.7 Å². The van der Waals surface area contributed by atoms with Crippen molar-refractivity contribution in [2.45, 2.75) is 25.3 Å². The molecule has 6 heteroatoms. The van der Waals surface area contributed by atoms with Gasteiger partial charge in [0.1, 0.15) is 6.61 Å². The first-order valence-corrected chi connectivity index (χ1v) is 6.06. The lowest BCUT2D eigenvalue weighted by atomic mass is 10.0. The van der Waals surface area contributed by atoms with E-state index in [1.54, 1.807) is 6.07 Å². The lowest BCUT2D eigenvalue weighted by molar-refractivity contribution is 0.0144. The van der Waals surface area contributed by atoms with Crippen molar-refractivity contribution in [1.82, 2.24) is 5.43 Å². The molecule has 3 nitrogen and oxygen atoms in total. The Kier molecular flexibility index (Phi) is 7.12. The van der Waals surface area contributed by atoms with E-state index in [0.29, 0.717) is 17.9 Å². The number of benzene rings is 1. The van der Waals surface area contributed by atoms with Crippen molar-refractivity contribution in [1.29, 1.82) is 0 Å². The van der Waals surface area contributed by atoms with Crippen LogP contribution in [0.2, 0.25) is 5.02 Å². The zero-order valence-corrected chi connectivity index (χ0v) is 10.7. The van der Waals surface area contributed by atoms with Crippen molar-refractivity contribution >= 4 is 11.6 Å². The molecule has 0 saturated heterocycles.